The number of nitrogens with one attached hydrogen (secondary N) is 1. The smallest absolute Gasteiger partial charge is 0.250 e. The van der Waals surface area contributed by atoms with Gasteiger partial charge in [0.2, 0.25) is 0 Å². The molecule has 4 heteroatoms. The summed E-state index contributed by atoms with van der Waals surface area (Å²) in [4.78, 5) is 14.0. The predicted molar refractivity (Wildman–Crippen MR) is 73.0 cm³/mol. The first-order valence-corrected chi connectivity index (χ1v) is 6.32. The molecule has 1 saturated heterocycles. The summed E-state index contributed by atoms with van der Waals surface area (Å²) in [5, 5.41) is 12.0. The summed E-state index contributed by atoms with van der Waals surface area (Å²) in [6, 6.07) is 11.8. The first-order valence-electron chi connectivity index (χ1n) is 6.32. The van der Waals surface area contributed by atoms with Crippen LogP contribution >= 0.6 is 0 Å². The van der Waals surface area contributed by atoms with Crippen molar-refractivity contribution in [3.8, 4) is 6.07 Å². The van der Waals surface area contributed by atoms with Crippen molar-refractivity contribution in [1.29, 1.82) is 5.26 Å². The van der Waals surface area contributed by atoms with Crippen LogP contribution in [-0.2, 0) is 11.3 Å². The number of amides is 1. The van der Waals surface area contributed by atoms with Crippen LogP contribution in [0.15, 0.2) is 41.5 Å². The van der Waals surface area contributed by atoms with Crippen LogP contribution in [0, 0.1) is 11.3 Å². The maximum absolute atomic E-state index is 12.4. The molecule has 0 aliphatic carbocycles. The molecule has 4 nitrogen and oxygen atoms in total. The third kappa shape index (κ3) is 3.21. The van der Waals surface area contributed by atoms with Crippen molar-refractivity contribution in [2.75, 3.05) is 19.6 Å². The first kappa shape index (κ1) is 13.3. The molecule has 1 aliphatic rings. The third-order valence-electron chi connectivity index (χ3n) is 3.29. The van der Waals surface area contributed by atoms with E-state index in [-0.39, 0.29) is 12.5 Å². The van der Waals surface area contributed by atoms with Crippen LogP contribution < -0.4 is 5.32 Å². The molecular weight excluding hydrogens is 238 g/mol. The summed E-state index contributed by atoms with van der Waals surface area (Å²) in [6.07, 6.45) is 0. The number of hydrogen-bond donors (Lipinski definition) is 1. The Morgan fingerprint density at radius 1 is 1.37 bits per heavy atom. The topological polar surface area (TPSA) is 56.1 Å². The Labute approximate surface area is 113 Å². The Morgan fingerprint density at radius 2 is 2.05 bits per heavy atom. The van der Waals surface area contributed by atoms with E-state index in [0.717, 1.165) is 29.8 Å². The van der Waals surface area contributed by atoms with Gasteiger partial charge in [-0.25, -0.2) is 0 Å². The van der Waals surface area contributed by atoms with E-state index < -0.39 is 0 Å². The second kappa shape index (κ2) is 6.17. The Balaban J connectivity index is 2.12. The van der Waals surface area contributed by atoms with Gasteiger partial charge in [-0.15, -0.1) is 0 Å². The highest BCUT2D eigenvalue weighted by molar-refractivity contribution is 5.94. The molecule has 0 aromatic heterocycles. The van der Waals surface area contributed by atoms with Gasteiger partial charge in [-0.3, -0.25) is 4.79 Å². The number of nitriles is 1. The van der Waals surface area contributed by atoms with Gasteiger partial charge >= 0.3 is 0 Å². The molecule has 1 aliphatic heterocycles. The van der Waals surface area contributed by atoms with Crippen molar-refractivity contribution >= 4 is 5.91 Å². The normalized spacial score (nSPS) is 13.4. The van der Waals surface area contributed by atoms with Crippen molar-refractivity contribution < 1.29 is 4.79 Å². The average molecular weight is 255 g/mol. The molecule has 0 unspecified atom stereocenters. The maximum Gasteiger partial charge on any atom is 0.250 e. The monoisotopic (exact) mass is 255 g/mol. The van der Waals surface area contributed by atoms with Crippen LogP contribution in [0.3, 0.4) is 0 Å². The number of carbonyl (C=O) groups excluding carboxylic acids is 1. The summed E-state index contributed by atoms with van der Waals surface area (Å²) >= 11 is 0. The Morgan fingerprint density at radius 3 is 2.58 bits per heavy atom. The van der Waals surface area contributed by atoms with Crippen LogP contribution in [0.1, 0.15) is 12.5 Å². The lowest BCUT2D eigenvalue weighted by atomic mass is 10.0. The Hall–Kier alpha value is -2.12. The van der Waals surface area contributed by atoms with Gasteiger partial charge in [-0.1, -0.05) is 30.3 Å². The van der Waals surface area contributed by atoms with E-state index in [4.69, 9.17) is 5.26 Å². The Kier molecular flexibility index (Phi) is 4.32. The van der Waals surface area contributed by atoms with Gasteiger partial charge < -0.3 is 10.2 Å². The SMILES string of the molecule is CC(C(=O)N(CC#N)Cc1ccccc1)=C1CNC1. The van der Waals surface area contributed by atoms with Gasteiger partial charge in [0, 0.05) is 25.2 Å². The number of nitrogens with zero attached hydrogens (tertiary/aromatic N) is 2. The predicted octanol–water partition coefficient (Wildman–Crippen LogP) is 1.46. The fourth-order valence-electron chi connectivity index (χ4n) is 1.99. The van der Waals surface area contributed by atoms with E-state index in [1.807, 2.05) is 37.3 Å². The minimum absolute atomic E-state index is 0.0399. The first-order chi connectivity index (χ1) is 9.22. The molecule has 0 bridgehead atoms. The van der Waals surface area contributed by atoms with Gasteiger partial charge in [0.05, 0.1) is 6.07 Å². The van der Waals surface area contributed by atoms with E-state index in [2.05, 4.69) is 11.4 Å². The van der Waals surface area contributed by atoms with Gasteiger partial charge in [-0.05, 0) is 18.1 Å². The van der Waals surface area contributed by atoms with Crippen LogP contribution in [0.2, 0.25) is 0 Å². The molecule has 98 valence electrons. The van der Waals surface area contributed by atoms with Crippen molar-refractivity contribution in [1.82, 2.24) is 10.2 Å². The molecule has 1 amide bonds. The zero-order valence-electron chi connectivity index (χ0n) is 11.0. The fourth-order valence-corrected chi connectivity index (χ4v) is 1.99. The zero-order valence-corrected chi connectivity index (χ0v) is 11.0. The fraction of sp³-hybridized carbons (Fsp3) is 0.333. The molecule has 2 rings (SSSR count). The number of hydrogen-bond acceptors (Lipinski definition) is 3. The lowest BCUT2D eigenvalue weighted by Gasteiger charge is -2.25. The second-order valence-corrected chi connectivity index (χ2v) is 4.64. The van der Waals surface area contributed by atoms with Crippen molar-refractivity contribution in [2.24, 2.45) is 0 Å². The summed E-state index contributed by atoms with van der Waals surface area (Å²) in [5.74, 6) is -0.0399. The van der Waals surface area contributed by atoms with Crippen LogP contribution in [0.4, 0.5) is 0 Å². The summed E-state index contributed by atoms with van der Waals surface area (Å²) in [7, 11) is 0. The third-order valence-corrected chi connectivity index (χ3v) is 3.29. The minimum Gasteiger partial charge on any atom is -0.321 e. The maximum atomic E-state index is 12.4. The second-order valence-electron chi connectivity index (χ2n) is 4.64. The standard InChI is InChI=1S/C15H17N3O/c1-12(14-9-17-10-14)15(19)18(8-7-16)11-13-5-3-2-4-6-13/h2-6,17H,8-11H2,1H3. The van der Waals surface area contributed by atoms with Crippen molar-refractivity contribution in [2.45, 2.75) is 13.5 Å². The highest BCUT2D eigenvalue weighted by Crippen LogP contribution is 2.14. The molecule has 0 radical (unpaired) electrons. The van der Waals surface area contributed by atoms with E-state index in [9.17, 15) is 4.79 Å². The van der Waals surface area contributed by atoms with Crippen LogP contribution in [-0.4, -0.2) is 30.4 Å². The van der Waals surface area contributed by atoms with Gasteiger partial charge in [-0.2, -0.15) is 5.26 Å². The number of rotatable bonds is 4. The van der Waals surface area contributed by atoms with E-state index >= 15 is 0 Å². The molecule has 0 saturated carbocycles. The molecule has 1 heterocycles. The molecule has 0 spiro atoms. The van der Waals surface area contributed by atoms with Crippen LogP contribution in [0.25, 0.3) is 0 Å². The average Bonchev–Trinajstić information content (AvgIpc) is 2.36. The molecule has 0 atom stereocenters. The van der Waals surface area contributed by atoms with E-state index in [1.165, 1.54) is 0 Å². The van der Waals surface area contributed by atoms with Crippen molar-refractivity contribution in [3.63, 3.8) is 0 Å². The molecule has 19 heavy (non-hydrogen) atoms. The summed E-state index contributed by atoms with van der Waals surface area (Å²) in [6.45, 7) is 4.00. The van der Waals surface area contributed by atoms with Crippen molar-refractivity contribution in [3.05, 3.63) is 47.0 Å². The largest absolute Gasteiger partial charge is 0.321 e. The van der Waals surface area contributed by atoms with E-state index in [1.54, 1.807) is 4.90 Å². The summed E-state index contributed by atoms with van der Waals surface area (Å²) < 4.78 is 0. The van der Waals surface area contributed by atoms with Gasteiger partial charge in [0.1, 0.15) is 6.54 Å². The molecule has 1 N–H and O–H groups in total. The number of benzene rings is 1. The lowest BCUT2D eigenvalue weighted by molar-refractivity contribution is -0.127. The highest BCUT2D eigenvalue weighted by atomic mass is 16.2. The number of carbonyl (C=O) groups is 1. The molecule has 1 fully saturated rings. The van der Waals surface area contributed by atoms with Gasteiger partial charge in [0.25, 0.3) is 5.91 Å². The molecule has 1 aromatic rings. The molecule has 1 aromatic carbocycles. The quantitative estimate of drug-likeness (QED) is 0.654. The zero-order chi connectivity index (χ0) is 13.7. The molecular formula is C15H17N3O. The highest BCUT2D eigenvalue weighted by Gasteiger charge is 2.21. The van der Waals surface area contributed by atoms with E-state index in [0.29, 0.717) is 6.54 Å². The summed E-state index contributed by atoms with van der Waals surface area (Å²) in [5.41, 5.74) is 2.95. The van der Waals surface area contributed by atoms with Crippen LogP contribution in [0.5, 0.6) is 0 Å². The lowest BCUT2D eigenvalue weighted by Crippen LogP contribution is -2.39. The Bertz CT molecular complexity index is 522. The van der Waals surface area contributed by atoms with Gasteiger partial charge in [0.15, 0.2) is 0 Å². The minimum atomic E-state index is -0.0399.